The molecule has 0 radical (unpaired) electrons. The van der Waals surface area contributed by atoms with E-state index in [0.29, 0.717) is 0 Å². The van der Waals surface area contributed by atoms with Gasteiger partial charge in [0.25, 0.3) is 0 Å². The fourth-order valence-electron chi connectivity index (χ4n) is 2.58. The summed E-state index contributed by atoms with van der Waals surface area (Å²) >= 11 is 0. The quantitative estimate of drug-likeness (QED) is 0.894. The Balaban J connectivity index is 1.72. The minimum atomic E-state index is -0.695. The number of nitrogens with zero attached hydrogens (tertiary/aromatic N) is 1. The van der Waals surface area contributed by atoms with Gasteiger partial charge >= 0.3 is 5.97 Å². The monoisotopic (exact) mass is 263 g/mol. The smallest absolute Gasteiger partial charge is 0.308 e. The van der Waals surface area contributed by atoms with Gasteiger partial charge in [-0.15, -0.1) is 0 Å². The van der Waals surface area contributed by atoms with Gasteiger partial charge in [0.15, 0.2) is 11.5 Å². The summed E-state index contributed by atoms with van der Waals surface area (Å²) < 4.78 is 10.7. The number of carboxylic acids is 1. The number of benzene rings is 1. The van der Waals surface area contributed by atoms with Crippen LogP contribution in [-0.2, 0) is 11.3 Å². The number of ether oxygens (including phenoxy) is 2. The highest BCUT2D eigenvalue weighted by Crippen LogP contribution is 2.38. The number of carbonyl (C=O) groups is 1. The maximum absolute atomic E-state index is 10.9. The lowest BCUT2D eigenvalue weighted by atomic mass is 10.1. The highest BCUT2D eigenvalue weighted by Gasteiger charge is 2.45. The Labute approximate surface area is 111 Å². The number of hydrogen-bond donors (Lipinski definition) is 1. The van der Waals surface area contributed by atoms with Gasteiger partial charge in [0.05, 0.1) is 5.92 Å². The average molecular weight is 263 g/mol. The van der Waals surface area contributed by atoms with E-state index in [2.05, 4.69) is 4.90 Å². The molecule has 0 amide bonds. The first-order valence-corrected chi connectivity index (χ1v) is 6.38. The van der Waals surface area contributed by atoms with E-state index in [-0.39, 0.29) is 18.8 Å². The molecule has 1 aliphatic carbocycles. The van der Waals surface area contributed by atoms with Crippen molar-refractivity contribution >= 4 is 5.97 Å². The molecule has 2 atom stereocenters. The zero-order valence-corrected chi connectivity index (χ0v) is 11.0. The molecule has 0 spiro atoms. The molecule has 1 aromatic rings. The van der Waals surface area contributed by atoms with Gasteiger partial charge in [0, 0.05) is 12.6 Å². The van der Waals surface area contributed by atoms with Gasteiger partial charge in [-0.05, 0) is 43.7 Å². The van der Waals surface area contributed by atoms with Crippen LogP contribution in [0.2, 0.25) is 0 Å². The van der Waals surface area contributed by atoms with E-state index >= 15 is 0 Å². The molecule has 1 saturated carbocycles. The predicted molar refractivity (Wildman–Crippen MR) is 68.3 cm³/mol. The standard InChI is InChI=1S/C14H17NO4/c1-8-3-12-13(19-7-18-12)4-9(8)6-15(2)11-5-10(11)14(16)17/h3-4,10-11H,5-7H2,1-2H3,(H,16,17). The summed E-state index contributed by atoms with van der Waals surface area (Å²) in [6, 6.07) is 4.13. The van der Waals surface area contributed by atoms with Gasteiger partial charge < -0.3 is 14.6 Å². The number of fused-ring (bicyclic) bond motifs is 1. The number of aliphatic carboxylic acids is 1. The molecule has 1 aliphatic heterocycles. The van der Waals surface area contributed by atoms with Crippen LogP contribution in [0.1, 0.15) is 17.5 Å². The van der Waals surface area contributed by atoms with Gasteiger partial charge in [0.2, 0.25) is 6.79 Å². The van der Waals surface area contributed by atoms with Crippen molar-refractivity contribution < 1.29 is 19.4 Å². The summed E-state index contributed by atoms with van der Waals surface area (Å²) in [4.78, 5) is 13.0. The van der Waals surface area contributed by atoms with E-state index in [0.717, 1.165) is 35.6 Å². The predicted octanol–water partition coefficient (Wildman–Crippen LogP) is 1.63. The summed E-state index contributed by atoms with van der Waals surface area (Å²) in [7, 11) is 1.97. The fourth-order valence-corrected chi connectivity index (χ4v) is 2.58. The van der Waals surface area contributed by atoms with Gasteiger partial charge in [-0.2, -0.15) is 0 Å². The molecule has 2 unspecified atom stereocenters. The Kier molecular flexibility index (Phi) is 2.86. The number of aryl methyl sites for hydroxylation is 1. The number of hydrogen-bond acceptors (Lipinski definition) is 4. The van der Waals surface area contributed by atoms with Crippen molar-refractivity contribution in [2.45, 2.75) is 25.9 Å². The number of rotatable bonds is 4. The van der Waals surface area contributed by atoms with E-state index in [1.165, 1.54) is 0 Å². The molecule has 2 aliphatic rings. The summed E-state index contributed by atoms with van der Waals surface area (Å²) in [5, 5.41) is 8.96. The third-order valence-corrected chi connectivity index (χ3v) is 3.89. The molecule has 19 heavy (non-hydrogen) atoms. The molecule has 1 heterocycles. The molecule has 102 valence electrons. The summed E-state index contributed by atoms with van der Waals surface area (Å²) in [5.74, 6) is 0.664. The highest BCUT2D eigenvalue weighted by molar-refractivity contribution is 5.74. The molecule has 0 saturated heterocycles. The van der Waals surface area contributed by atoms with Crippen molar-refractivity contribution in [1.82, 2.24) is 4.90 Å². The Morgan fingerprint density at radius 1 is 1.42 bits per heavy atom. The Hall–Kier alpha value is -1.75. The Morgan fingerprint density at radius 3 is 2.74 bits per heavy atom. The minimum absolute atomic E-state index is 0.155. The second-order valence-electron chi connectivity index (χ2n) is 5.29. The van der Waals surface area contributed by atoms with Gasteiger partial charge in [-0.3, -0.25) is 9.69 Å². The SMILES string of the molecule is Cc1cc2c(cc1CN(C)C1CC1C(=O)O)OCO2. The van der Waals surface area contributed by atoms with Crippen LogP contribution in [0.25, 0.3) is 0 Å². The van der Waals surface area contributed by atoms with Crippen LogP contribution in [0.15, 0.2) is 12.1 Å². The molecule has 1 aromatic carbocycles. The molecule has 5 nitrogen and oxygen atoms in total. The largest absolute Gasteiger partial charge is 0.481 e. The second-order valence-corrected chi connectivity index (χ2v) is 5.29. The van der Waals surface area contributed by atoms with Gasteiger partial charge in [0.1, 0.15) is 0 Å². The van der Waals surface area contributed by atoms with Gasteiger partial charge in [-0.25, -0.2) is 0 Å². The topological polar surface area (TPSA) is 59.0 Å². The maximum Gasteiger partial charge on any atom is 0.308 e. The molecule has 0 aromatic heterocycles. The third-order valence-electron chi connectivity index (χ3n) is 3.89. The van der Waals surface area contributed by atoms with Crippen LogP contribution in [0.3, 0.4) is 0 Å². The lowest BCUT2D eigenvalue weighted by molar-refractivity contribution is -0.138. The maximum atomic E-state index is 10.9. The zero-order chi connectivity index (χ0) is 13.6. The van der Waals surface area contributed by atoms with Crippen LogP contribution in [0.5, 0.6) is 11.5 Å². The normalized spacial score (nSPS) is 23.7. The first kappa shape index (κ1) is 12.3. The van der Waals surface area contributed by atoms with Crippen molar-refractivity contribution in [3.8, 4) is 11.5 Å². The van der Waals surface area contributed by atoms with E-state index in [1.807, 2.05) is 26.1 Å². The minimum Gasteiger partial charge on any atom is -0.481 e. The molecule has 1 N–H and O–H groups in total. The molecule has 3 rings (SSSR count). The molecule has 5 heteroatoms. The molecular weight excluding hydrogens is 246 g/mol. The van der Waals surface area contributed by atoms with Crippen LogP contribution in [0.4, 0.5) is 0 Å². The van der Waals surface area contributed by atoms with Gasteiger partial charge in [-0.1, -0.05) is 0 Å². The van der Waals surface area contributed by atoms with Crippen LogP contribution >= 0.6 is 0 Å². The van der Waals surface area contributed by atoms with Crippen molar-refractivity contribution in [3.63, 3.8) is 0 Å². The first-order valence-electron chi connectivity index (χ1n) is 6.38. The summed E-state index contributed by atoms with van der Waals surface area (Å²) in [6.45, 7) is 3.04. The van der Waals surface area contributed by atoms with E-state index in [4.69, 9.17) is 14.6 Å². The van der Waals surface area contributed by atoms with Crippen molar-refractivity contribution in [1.29, 1.82) is 0 Å². The average Bonchev–Trinajstić information content (AvgIpc) is 3.05. The molecule has 0 bridgehead atoms. The second kappa shape index (κ2) is 4.42. The molecular formula is C14H17NO4. The van der Waals surface area contributed by atoms with E-state index in [1.54, 1.807) is 0 Å². The Morgan fingerprint density at radius 2 is 2.11 bits per heavy atom. The van der Waals surface area contributed by atoms with Crippen LogP contribution < -0.4 is 9.47 Å². The van der Waals surface area contributed by atoms with Crippen molar-refractivity contribution in [2.24, 2.45) is 5.92 Å². The summed E-state index contributed by atoms with van der Waals surface area (Å²) in [6.07, 6.45) is 0.745. The number of carboxylic acid groups (broad SMARTS) is 1. The first-order chi connectivity index (χ1) is 9.06. The van der Waals surface area contributed by atoms with Crippen molar-refractivity contribution in [2.75, 3.05) is 13.8 Å². The third kappa shape index (κ3) is 2.26. The highest BCUT2D eigenvalue weighted by atomic mass is 16.7. The summed E-state index contributed by atoms with van der Waals surface area (Å²) in [5.41, 5.74) is 2.30. The lowest BCUT2D eigenvalue weighted by Crippen LogP contribution is -2.24. The zero-order valence-electron chi connectivity index (χ0n) is 11.0. The fraction of sp³-hybridized carbons (Fsp3) is 0.500. The Bertz CT molecular complexity index is 528. The van der Waals surface area contributed by atoms with Crippen LogP contribution in [-0.4, -0.2) is 35.9 Å². The van der Waals surface area contributed by atoms with E-state index < -0.39 is 5.97 Å². The molecule has 1 fully saturated rings. The lowest BCUT2D eigenvalue weighted by Gasteiger charge is -2.18. The van der Waals surface area contributed by atoms with Crippen molar-refractivity contribution in [3.05, 3.63) is 23.3 Å². The van der Waals surface area contributed by atoms with E-state index in [9.17, 15) is 4.79 Å². The van der Waals surface area contributed by atoms with Crippen LogP contribution in [0, 0.1) is 12.8 Å².